The number of hydrogen-bond donors (Lipinski definition) is 1. The molecule has 5 heteroatoms. The molecule has 1 aliphatic rings. The van der Waals surface area contributed by atoms with Crippen LogP contribution in [0.1, 0.15) is 2.74 Å². The zero-order valence-electron chi connectivity index (χ0n) is 9.03. The zero-order valence-corrected chi connectivity index (χ0v) is 7.03. The highest BCUT2D eigenvalue weighted by Crippen LogP contribution is 2.23. The number of ether oxygens (including phenoxy) is 1. The van der Waals surface area contributed by atoms with Gasteiger partial charge in [0, 0.05) is 25.2 Å². The summed E-state index contributed by atoms with van der Waals surface area (Å²) in [5, 5.41) is 2.83. The highest BCUT2D eigenvalue weighted by atomic mass is 19.2. The molecule has 76 valence electrons. The summed E-state index contributed by atoms with van der Waals surface area (Å²) < 4.78 is 58.5. The van der Waals surface area contributed by atoms with Crippen molar-refractivity contribution in [1.29, 1.82) is 0 Å². The number of halogens is 3. The highest BCUT2D eigenvalue weighted by molar-refractivity contribution is 5.26. The largest absolute Gasteiger partial charge is 0.484 e. The molecule has 0 bridgehead atoms. The SMILES string of the molecule is [2H]c1c(F)c([2H])c(OC2CNC2)c(F)c1F. The summed E-state index contributed by atoms with van der Waals surface area (Å²) in [4.78, 5) is 0. The quantitative estimate of drug-likeness (QED) is 0.738. The second-order valence-corrected chi connectivity index (χ2v) is 2.92. The minimum absolute atomic E-state index is 0.394. The maximum absolute atomic E-state index is 13.3. The molecule has 0 aromatic heterocycles. The highest BCUT2D eigenvalue weighted by Gasteiger charge is 2.21. The number of benzene rings is 1. The minimum atomic E-state index is -1.63. The number of rotatable bonds is 2. The molecule has 0 amide bonds. The fourth-order valence-corrected chi connectivity index (χ4v) is 1.03. The van der Waals surface area contributed by atoms with Crippen molar-refractivity contribution in [2.24, 2.45) is 0 Å². The van der Waals surface area contributed by atoms with E-state index in [1.165, 1.54) is 0 Å². The van der Waals surface area contributed by atoms with Crippen molar-refractivity contribution in [3.63, 3.8) is 0 Å². The van der Waals surface area contributed by atoms with Gasteiger partial charge in [-0.1, -0.05) is 0 Å². The Balaban J connectivity index is 2.42. The Bertz CT molecular complexity index is 408. The lowest BCUT2D eigenvalue weighted by molar-refractivity contribution is 0.134. The second kappa shape index (κ2) is 3.49. The fraction of sp³-hybridized carbons (Fsp3) is 0.333. The van der Waals surface area contributed by atoms with Crippen molar-refractivity contribution in [2.45, 2.75) is 6.10 Å². The molecule has 0 saturated carbocycles. The molecule has 0 spiro atoms. The van der Waals surface area contributed by atoms with Crippen LogP contribution >= 0.6 is 0 Å². The third-order valence-corrected chi connectivity index (χ3v) is 1.86. The van der Waals surface area contributed by atoms with Crippen LogP contribution in [0.4, 0.5) is 13.2 Å². The van der Waals surface area contributed by atoms with Gasteiger partial charge in [-0.05, 0) is 0 Å². The van der Waals surface area contributed by atoms with Crippen LogP contribution in [0, 0.1) is 17.5 Å². The summed E-state index contributed by atoms with van der Waals surface area (Å²) in [5.41, 5.74) is 0. The van der Waals surface area contributed by atoms with Gasteiger partial charge in [-0.15, -0.1) is 0 Å². The van der Waals surface area contributed by atoms with Gasteiger partial charge in [-0.25, -0.2) is 8.78 Å². The topological polar surface area (TPSA) is 21.3 Å². The van der Waals surface area contributed by atoms with Gasteiger partial charge in [0.2, 0.25) is 5.82 Å². The Kier molecular flexibility index (Phi) is 1.77. The van der Waals surface area contributed by atoms with Crippen molar-refractivity contribution in [3.8, 4) is 5.75 Å². The van der Waals surface area contributed by atoms with Crippen LogP contribution in [0.25, 0.3) is 0 Å². The average Bonchev–Trinajstić information content (AvgIpc) is 2.21. The summed E-state index contributed by atoms with van der Waals surface area (Å²) >= 11 is 0. The molecule has 14 heavy (non-hydrogen) atoms. The lowest BCUT2D eigenvalue weighted by Gasteiger charge is -2.27. The van der Waals surface area contributed by atoms with Crippen molar-refractivity contribution < 1.29 is 20.6 Å². The van der Waals surface area contributed by atoms with E-state index in [1.54, 1.807) is 0 Å². The van der Waals surface area contributed by atoms with Crippen LogP contribution < -0.4 is 10.1 Å². The molecule has 2 rings (SSSR count). The van der Waals surface area contributed by atoms with Crippen molar-refractivity contribution in [3.05, 3.63) is 29.5 Å². The number of hydrogen-bond acceptors (Lipinski definition) is 2. The Morgan fingerprint density at radius 2 is 2.07 bits per heavy atom. The predicted molar refractivity (Wildman–Crippen MR) is 43.6 cm³/mol. The molecule has 0 unspecified atom stereocenters. The van der Waals surface area contributed by atoms with Crippen LogP contribution in [-0.2, 0) is 0 Å². The van der Waals surface area contributed by atoms with E-state index in [1.807, 2.05) is 0 Å². The van der Waals surface area contributed by atoms with Gasteiger partial charge in [-0.2, -0.15) is 4.39 Å². The first-order valence-electron chi connectivity index (χ1n) is 5.03. The zero-order chi connectivity index (χ0) is 11.9. The van der Waals surface area contributed by atoms with E-state index in [-0.39, 0.29) is 0 Å². The third-order valence-electron chi connectivity index (χ3n) is 1.86. The summed E-state index contributed by atoms with van der Waals surface area (Å²) in [6, 6.07) is -2.17. The Labute approximate surface area is 81.5 Å². The monoisotopic (exact) mass is 205 g/mol. The lowest BCUT2D eigenvalue weighted by Crippen LogP contribution is -2.50. The van der Waals surface area contributed by atoms with Crippen LogP contribution in [0.5, 0.6) is 5.75 Å². The standard InChI is InChI=1S/C9H8F3NO/c10-5-1-7(11)9(12)8(2-5)14-6-3-13-4-6/h1-2,6,13H,3-4H2/i1D,2D. The first-order chi connectivity index (χ1) is 7.52. The van der Waals surface area contributed by atoms with Gasteiger partial charge < -0.3 is 10.1 Å². The summed E-state index contributed by atoms with van der Waals surface area (Å²) in [5.74, 6) is -5.29. The van der Waals surface area contributed by atoms with Crippen LogP contribution in [0.15, 0.2) is 12.1 Å². The van der Waals surface area contributed by atoms with Crippen molar-refractivity contribution in [1.82, 2.24) is 5.32 Å². The molecule has 1 saturated heterocycles. The van der Waals surface area contributed by atoms with Gasteiger partial charge in [0.1, 0.15) is 11.9 Å². The molecule has 1 aromatic rings. The van der Waals surface area contributed by atoms with Crippen molar-refractivity contribution in [2.75, 3.05) is 13.1 Å². The van der Waals surface area contributed by atoms with Crippen LogP contribution in [-0.4, -0.2) is 19.2 Å². The molecular formula is C9H8F3NO. The first kappa shape index (κ1) is 7.11. The third kappa shape index (κ3) is 1.68. The lowest BCUT2D eigenvalue weighted by atomic mass is 10.2. The molecule has 1 aromatic carbocycles. The average molecular weight is 205 g/mol. The Morgan fingerprint density at radius 3 is 2.64 bits per heavy atom. The van der Waals surface area contributed by atoms with E-state index >= 15 is 0 Å². The van der Waals surface area contributed by atoms with Gasteiger partial charge in [-0.3, -0.25) is 0 Å². The molecule has 1 aliphatic heterocycles. The maximum Gasteiger partial charge on any atom is 0.200 e. The smallest absolute Gasteiger partial charge is 0.200 e. The van der Waals surface area contributed by atoms with Gasteiger partial charge in [0.15, 0.2) is 11.6 Å². The normalized spacial score (nSPS) is 18.5. The van der Waals surface area contributed by atoms with E-state index in [0.29, 0.717) is 13.1 Å². The number of nitrogens with one attached hydrogen (secondary N) is 1. The van der Waals surface area contributed by atoms with E-state index in [0.717, 1.165) is 0 Å². The first-order valence-corrected chi connectivity index (χ1v) is 4.03. The Hall–Kier alpha value is -1.23. The van der Waals surface area contributed by atoms with Crippen molar-refractivity contribution >= 4 is 0 Å². The predicted octanol–water partition coefficient (Wildman–Crippen LogP) is 1.45. The van der Waals surface area contributed by atoms with E-state index in [9.17, 15) is 13.2 Å². The molecule has 2 nitrogen and oxygen atoms in total. The van der Waals surface area contributed by atoms with Crippen LogP contribution in [0.2, 0.25) is 0 Å². The molecular weight excluding hydrogens is 195 g/mol. The molecule has 0 aliphatic carbocycles. The molecule has 0 radical (unpaired) electrons. The molecule has 1 N–H and O–H groups in total. The van der Waals surface area contributed by atoms with Gasteiger partial charge in [0.25, 0.3) is 0 Å². The van der Waals surface area contributed by atoms with Gasteiger partial charge >= 0.3 is 0 Å². The molecule has 1 fully saturated rings. The maximum atomic E-state index is 13.3. The van der Waals surface area contributed by atoms with E-state index in [4.69, 9.17) is 7.48 Å². The van der Waals surface area contributed by atoms with E-state index < -0.39 is 41.4 Å². The minimum Gasteiger partial charge on any atom is -0.484 e. The summed E-state index contributed by atoms with van der Waals surface area (Å²) in [6.07, 6.45) is -0.394. The molecule has 1 heterocycles. The summed E-state index contributed by atoms with van der Waals surface area (Å²) in [6.45, 7) is 0.871. The Morgan fingerprint density at radius 1 is 1.36 bits per heavy atom. The fourth-order valence-electron chi connectivity index (χ4n) is 1.03. The van der Waals surface area contributed by atoms with Crippen LogP contribution in [0.3, 0.4) is 0 Å². The second-order valence-electron chi connectivity index (χ2n) is 2.92. The van der Waals surface area contributed by atoms with Gasteiger partial charge in [0.05, 0.1) is 2.74 Å². The summed E-state index contributed by atoms with van der Waals surface area (Å²) in [7, 11) is 0. The molecule has 0 atom stereocenters. The van der Waals surface area contributed by atoms with E-state index in [2.05, 4.69) is 5.32 Å².